The minimum absolute atomic E-state index is 0.0801. The number of halogens is 1. The summed E-state index contributed by atoms with van der Waals surface area (Å²) in [5, 5.41) is 4.08. The molecule has 0 aliphatic heterocycles. The monoisotopic (exact) mass is 480 g/mol. The predicted molar refractivity (Wildman–Crippen MR) is 136 cm³/mol. The number of hydrogen-bond acceptors (Lipinski definition) is 5. The van der Waals surface area contributed by atoms with Crippen LogP contribution >= 0.6 is 23.4 Å². The first-order chi connectivity index (χ1) is 16.1. The molecule has 1 N–H and O–H groups in total. The molecule has 1 aliphatic carbocycles. The molecule has 0 spiro atoms. The zero-order valence-corrected chi connectivity index (χ0v) is 20.4. The van der Waals surface area contributed by atoms with Gasteiger partial charge in [0.25, 0.3) is 0 Å². The highest BCUT2D eigenvalue weighted by molar-refractivity contribution is 7.99. The number of carbonyl (C=O) groups excluding carboxylic acids is 1. The van der Waals surface area contributed by atoms with Gasteiger partial charge >= 0.3 is 0 Å². The third kappa shape index (κ3) is 6.49. The molecule has 1 heterocycles. The van der Waals surface area contributed by atoms with Crippen molar-refractivity contribution in [1.82, 2.24) is 15.3 Å². The molecule has 1 saturated carbocycles. The fraction of sp³-hybridized carbons (Fsp3) is 0.346. The Balaban J connectivity index is 1.43. The van der Waals surface area contributed by atoms with Crippen LogP contribution in [0.25, 0.3) is 0 Å². The molecule has 0 bridgehead atoms. The number of amides is 1. The molecule has 7 heteroatoms. The van der Waals surface area contributed by atoms with Gasteiger partial charge in [-0.25, -0.2) is 9.97 Å². The summed E-state index contributed by atoms with van der Waals surface area (Å²) >= 11 is 7.61. The molecule has 1 aromatic heterocycles. The quantitative estimate of drug-likeness (QED) is 0.247. The van der Waals surface area contributed by atoms with Gasteiger partial charge in [0, 0.05) is 19.2 Å². The van der Waals surface area contributed by atoms with Gasteiger partial charge in [0.2, 0.25) is 5.91 Å². The van der Waals surface area contributed by atoms with E-state index in [9.17, 15) is 4.79 Å². The Morgan fingerprint density at radius 2 is 1.64 bits per heavy atom. The maximum absolute atomic E-state index is 12.9. The first-order valence-corrected chi connectivity index (χ1v) is 12.8. The van der Waals surface area contributed by atoms with E-state index in [0.29, 0.717) is 16.4 Å². The van der Waals surface area contributed by atoms with Crippen LogP contribution in [0.15, 0.2) is 71.9 Å². The minimum Gasteiger partial charge on any atom is -0.357 e. The number of rotatable bonds is 8. The van der Waals surface area contributed by atoms with Crippen LogP contribution < -0.4 is 10.2 Å². The van der Waals surface area contributed by atoms with Crippen molar-refractivity contribution in [2.75, 3.05) is 17.7 Å². The van der Waals surface area contributed by atoms with E-state index >= 15 is 0 Å². The minimum atomic E-state index is -0.214. The molecule has 172 valence electrons. The number of thioether (sulfide) groups is 1. The lowest BCUT2D eigenvalue weighted by Gasteiger charge is -2.32. The highest BCUT2D eigenvalue weighted by Crippen LogP contribution is 2.28. The Morgan fingerprint density at radius 3 is 2.24 bits per heavy atom. The summed E-state index contributed by atoms with van der Waals surface area (Å²) in [7, 11) is 2.07. The third-order valence-corrected chi connectivity index (χ3v) is 7.09. The van der Waals surface area contributed by atoms with Crippen LogP contribution in [0.1, 0.15) is 49.3 Å². The van der Waals surface area contributed by atoms with Crippen molar-refractivity contribution in [3.05, 3.63) is 83.0 Å². The summed E-state index contributed by atoms with van der Waals surface area (Å²) in [4.78, 5) is 24.1. The molecule has 1 fully saturated rings. The number of carbonyl (C=O) groups is 1. The normalized spacial score (nSPS) is 14.3. The van der Waals surface area contributed by atoms with Gasteiger partial charge in [-0.3, -0.25) is 4.79 Å². The summed E-state index contributed by atoms with van der Waals surface area (Å²) in [5.41, 5.74) is 2.08. The van der Waals surface area contributed by atoms with E-state index in [1.54, 1.807) is 6.07 Å². The number of benzene rings is 2. The first kappa shape index (κ1) is 23.6. The first-order valence-electron chi connectivity index (χ1n) is 11.4. The van der Waals surface area contributed by atoms with E-state index in [4.69, 9.17) is 11.6 Å². The fourth-order valence-electron chi connectivity index (χ4n) is 4.27. The van der Waals surface area contributed by atoms with Gasteiger partial charge in [0.15, 0.2) is 5.16 Å². The highest BCUT2D eigenvalue weighted by atomic mass is 35.5. The van der Waals surface area contributed by atoms with Crippen molar-refractivity contribution in [3.8, 4) is 0 Å². The van der Waals surface area contributed by atoms with E-state index in [0.717, 1.165) is 16.9 Å². The van der Waals surface area contributed by atoms with Crippen LogP contribution in [-0.4, -0.2) is 34.7 Å². The Labute approximate surface area is 205 Å². The van der Waals surface area contributed by atoms with Crippen molar-refractivity contribution in [1.29, 1.82) is 0 Å². The fourth-order valence-corrected chi connectivity index (χ4v) is 5.16. The van der Waals surface area contributed by atoms with Crippen LogP contribution in [0.3, 0.4) is 0 Å². The number of nitrogens with one attached hydrogen (secondary N) is 1. The van der Waals surface area contributed by atoms with E-state index < -0.39 is 0 Å². The van der Waals surface area contributed by atoms with Crippen molar-refractivity contribution < 1.29 is 4.79 Å². The molecule has 4 rings (SSSR count). The molecular formula is C26H29ClN4OS. The van der Waals surface area contributed by atoms with Crippen molar-refractivity contribution in [2.24, 2.45) is 0 Å². The molecule has 0 unspecified atom stereocenters. The standard InChI is InChI=1S/C26H29ClN4OS/c1-31(21-15-9-4-10-16-21)23-17-22(27)28-26(29-23)33-18-24(32)30-25(19-11-5-2-6-12-19)20-13-7-3-8-14-20/h2-3,5-8,11-14,17,21,25H,4,9-10,15-16,18H2,1H3,(H,30,32). The zero-order valence-electron chi connectivity index (χ0n) is 18.8. The van der Waals surface area contributed by atoms with Gasteiger partial charge in [-0.2, -0.15) is 0 Å². The molecular weight excluding hydrogens is 452 g/mol. The SMILES string of the molecule is CN(c1cc(Cl)nc(SCC(=O)NC(c2ccccc2)c2ccccc2)n1)C1CCCCC1. The summed E-state index contributed by atoms with van der Waals surface area (Å²) in [6, 6.07) is 22.1. The Bertz CT molecular complexity index is 1010. The van der Waals surface area contributed by atoms with Gasteiger partial charge in [-0.05, 0) is 24.0 Å². The second-order valence-corrected chi connectivity index (χ2v) is 9.67. The topological polar surface area (TPSA) is 58.1 Å². The van der Waals surface area contributed by atoms with Crippen molar-refractivity contribution >= 4 is 35.1 Å². The Morgan fingerprint density at radius 1 is 1.03 bits per heavy atom. The third-order valence-electron chi connectivity index (χ3n) is 6.05. The number of aromatic nitrogens is 2. The van der Waals surface area contributed by atoms with Gasteiger partial charge in [0.05, 0.1) is 11.8 Å². The van der Waals surface area contributed by atoms with Crippen molar-refractivity contribution in [3.63, 3.8) is 0 Å². The maximum Gasteiger partial charge on any atom is 0.231 e. The molecule has 0 radical (unpaired) electrons. The average molecular weight is 481 g/mol. The molecule has 1 amide bonds. The van der Waals surface area contributed by atoms with E-state index in [2.05, 4.69) is 27.2 Å². The number of hydrogen-bond donors (Lipinski definition) is 1. The predicted octanol–water partition coefficient (Wildman–Crippen LogP) is 5.90. The smallest absolute Gasteiger partial charge is 0.231 e. The largest absolute Gasteiger partial charge is 0.357 e. The van der Waals surface area contributed by atoms with E-state index in [1.807, 2.05) is 60.7 Å². The number of anilines is 1. The van der Waals surface area contributed by atoms with Crippen LogP contribution in [-0.2, 0) is 4.79 Å². The highest BCUT2D eigenvalue weighted by Gasteiger charge is 2.21. The summed E-state index contributed by atoms with van der Waals surface area (Å²) < 4.78 is 0. The molecule has 0 saturated heterocycles. The van der Waals surface area contributed by atoms with Gasteiger partial charge < -0.3 is 10.2 Å². The van der Waals surface area contributed by atoms with Crippen LogP contribution in [0.4, 0.5) is 5.82 Å². The van der Waals surface area contributed by atoms with Gasteiger partial charge in [0.1, 0.15) is 11.0 Å². The zero-order chi connectivity index (χ0) is 23.0. The van der Waals surface area contributed by atoms with Gasteiger partial charge in [-0.1, -0.05) is 103 Å². The molecule has 33 heavy (non-hydrogen) atoms. The van der Waals surface area contributed by atoms with E-state index in [-0.39, 0.29) is 17.7 Å². The maximum atomic E-state index is 12.9. The van der Waals surface area contributed by atoms with Gasteiger partial charge in [-0.15, -0.1) is 0 Å². The van der Waals surface area contributed by atoms with Crippen LogP contribution in [0.2, 0.25) is 5.15 Å². The lowest BCUT2D eigenvalue weighted by molar-refractivity contribution is -0.119. The molecule has 0 atom stereocenters. The summed E-state index contributed by atoms with van der Waals surface area (Å²) in [5.74, 6) is 0.947. The summed E-state index contributed by atoms with van der Waals surface area (Å²) in [6.45, 7) is 0. The second-order valence-electron chi connectivity index (χ2n) is 8.34. The molecule has 5 nitrogen and oxygen atoms in total. The van der Waals surface area contributed by atoms with Crippen LogP contribution in [0, 0.1) is 0 Å². The lowest BCUT2D eigenvalue weighted by atomic mass is 9.94. The summed E-state index contributed by atoms with van der Waals surface area (Å²) in [6.07, 6.45) is 6.14. The average Bonchev–Trinajstić information content (AvgIpc) is 2.87. The van der Waals surface area contributed by atoms with Crippen LogP contribution in [0.5, 0.6) is 0 Å². The van der Waals surface area contributed by atoms with Crippen molar-refractivity contribution in [2.45, 2.75) is 49.3 Å². The number of nitrogens with zero attached hydrogens (tertiary/aromatic N) is 3. The molecule has 3 aromatic rings. The Kier molecular flexibility index (Phi) is 8.24. The Hall–Kier alpha value is -2.57. The molecule has 1 aliphatic rings. The lowest BCUT2D eigenvalue weighted by Crippen LogP contribution is -2.34. The molecule has 2 aromatic carbocycles. The van der Waals surface area contributed by atoms with E-state index in [1.165, 1.54) is 43.9 Å². The second kappa shape index (κ2) is 11.5.